The molecule has 2 fully saturated rings. The van der Waals surface area contributed by atoms with Gasteiger partial charge in [0.15, 0.2) is 5.16 Å². The van der Waals surface area contributed by atoms with E-state index in [1.165, 1.54) is 31.5 Å². The smallest absolute Gasteiger partial charge is 0.191 e. The molecule has 1 aromatic rings. The topological polar surface area (TPSA) is 56.7 Å². The van der Waals surface area contributed by atoms with Crippen LogP contribution >= 0.6 is 11.8 Å². The van der Waals surface area contributed by atoms with E-state index < -0.39 is 0 Å². The first kappa shape index (κ1) is 13.4. The van der Waals surface area contributed by atoms with Crippen LogP contribution in [0.4, 0.5) is 0 Å². The summed E-state index contributed by atoms with van der Waals surface area (Å²) in [6, 6.07) is 0.659. The fourth-order valence-electron chi connectivity index (χ4n) is 2.37. The van der Waals surface area contributed by atoms with Crippen LogP contribution in [0.3, 0.4) is 0 Å². The predicted molar refractivity (Wildman–Crippen MR) is 78.4 cm³/mol. The van der Waals surface area contributed by atoms with Crippen molar-refractivity contribution in [2.75, 3.05) is 6.54 Å². The van der Waals surface area contributed by atoms with Crippen LogP contribution in [0.15, 0.2) is 5.16 Å². The van der Waals surface area contributed by atoms with Gasteiger partial charge in [-0.2, -0.15) is 0 Å². The van der Waals surface area contributed by atoms with Crippen LogP contribution in [0.25, 0.3) is 0 Å². The van der Waals surface area contributed by atoms with Crippen molar-refractivity contribution in [1.82, 2.24) is 14.8 Å². The lowest BCUT2D eigenvalue weighted by atomic mass is 9.92. The Morgan fingerprint density at radius 2 is 1.95 bits per heavy atom. The monoisotopic (exact) mass is 280 g/mol. The molecule has 0 bridgehead atoms. The van der Waals surface area contributed by atoms with Gasteiger partial charge in [0.25, 0.3) is 0 Å². The molecule has 19 heavy (non-hydrogen) atoms. The average Bonchev–Trinajstić information content (AvgIpc) is 3.23. The Kier molecular flexibility index (Phi) is 3.38. The molecule has 0 amide bonds. The molecular formula is C14H24N4S. The molecule has 5 heteroatoms. The number of rotatable bonds is 5. The van der Waals surface area contributed by atoms with Gasteiger partial charge in [-0.1, -0.05) is 32.5 Å². The molecule has 1 aromatic heterocycles. The quantitative estimate of drug-likeness (QED) is 0.843. The van der Waals surface area contributed by atoms with Gasteiger partial charge in [0.1, 0.15) is 5.82 Å². The van der Waals surface area contributed by atoms with Crippen molar-refractivity contribution in [2.45, 2.75) is 68.8 Å². The summed E-state index contributed by atoms with van der Waals surface area (Å²) in [5, 5.41) is 10.4. The minimum Gasteiger partial charge on any atom is -0.329 e. The molecule has 1 heterocycles. The second-order valence-electron chi connectivity index (χ2n) is 6.92. The zero-order valence-electron chi connectivity index (χ0n) is 12.1. The Labute approximate surface area is 119 Å². The summed E-state index contributed by atoms with van der Waals surface area (Å²) in [4.78, 5) is 0. The van der Waals surface area contributed by atoms with Gasteiger partial charge in [-0.15, -0.1) is 10.2 Å². The lowest BCUT2D eigenvalue weighted by Gasteiger charge is -2.28. The van der Waals surface area contributed by atoms with Gasteiger partial charge in [0, 0.05) is 23.8 Å². The molecule has 2 aliphatic carbocycles. The first-order chi connectivity index (χ1) is 9.00. The number of nitrogens with zero attached hydrogens (tertiary/aromatic N) is 3. The van der Waals surface area contributed by atoms with Gasteiger partial charge in [-0.25, -0.2) is 0 Å². The minimum atomic E-state index is 0.194. The Balaban J connectivity index is 1.84. The summed E-state index contributed by atoms with van der Waals surface area (Å²) in [6.45, 7) is 7.43. The number of hydrogen-bond donors (Lipinski definition) is 1. The van der Waals surface area contributed by atoms with E-state index >= 15 is 0 Å². The van der Waals surface area contributed by atoms with E-state index in [4.69, 9.17) is 5.73 Å². The zero-order chi connectivity index (χ0) is 13.6. The molecule has 0 spiro atoms. The third-order valence-corrected chi connectivity index (χ3v) is 5.65. The summed E-state index contributed by atoms with van der Waals surface area (Å²) in [5.74, 6) is 1.91. The van der Waals surface area contributed by atoms with Crippen molar-refractivity contribution in [3.05, 3.63) is 5.82 Å². The van der Waals surface area contributed by atoms with Gasteiger partial charge in [-0.3, -0.25) is 0 Å². The summed E-state index contributed by atoms with van der Waals surface area (Å²) < 4.78 is 2.41. The molecule has 4 nitrogen and oxygen atoms in total. The fraction of sp³-hybridized carbons (Fsp3) is 0.857. The molecule has 2 saturated carbocycles. The van der Waals surface area contributed by atoms with E-state index in [1.54, 1.807) is 0 Å². The van der Waals surface area contributed by atoms with Gasteiger partial charge in [0.2, 0.25) is 0 Å². The van der Waals surface area contributed by atoms with Gasteiger partial charge < -0.3 is 10.3 Å². The van der Waals surface area contributed by atoms with E-state index in [0.717, 1.165) is 5.16 Å². The molecule has 2 aliphatic rings. The van der Waals surface area contributed by atoms with Gasteiger partial charge in [0.05, 0.1) is 0 Å². The van der Waals surface area contributed by atoms with E-state index in [1.807, 2.05) is 11.8 Å². The number of nitrogens with two attached hydrogens (primary N) is 1. The molecule has 2 N–H and O–H groups in total. The molecule has 1 unspecified atom stereocenters. The van der Waals surface area contributed by atoms with Crippen molar-refractivity contribution in [2.24, 2.45) is 11.1 Å². The first-order valence-corrected chi connectivity index (χ1v) is 8.20. The third-order valence-electron chi connectivity index (χ3n) is 3.97. The Bertz CT molecular complexity index is 455. The number of hydrogen-bond acceptors (Lipinski definition) is 4. The fourth-order valence-corrected chi connectivity index (χ4v) is 3.52. The van der Waals surface area contributed by atoms with Crippen molar-refractivity contribution in [1.29, 1.82) is 0 Å². The normalized spacial score (nSPS) is 21.7. The highest BCUT2D eigenvalue weighted by Gasteiger charge is 2.37. The molecule has 0 radical (unpaired) electrons. The highest BCUT2D eigenvalue weighted by molar-refractivity contribution is 7.99. The molecule has 0 saturated heterocycles. The van der Waals surface area contributed by atoms with Crippen LogP contribution in [-0.2, 0) is 0 Å². The minimum absolute atomic E-state index is 0.194. The average molecular weight is 280 g/mol. The van der Waals surface area contributed by atoms with Crippen LogP contribution < -0.4 is 5.73 Å². The Morgan fingerprint density at radius 3 is 2.42 bits per heavy atom. The standard InChI is InChI=1S/C14H24N4S/c1-14(2,3)11(8-15)19-13-17-16-12(9-4-5-9)18(13)10-6-7-10/h9-11H,4-8,15H2,1-3H3. The molecular weight excluding hydrogens is 256 g/mol. The van der Waals surface area contributed by atoms with Crippen LogP contribution in [0, 0.1) is 5.41 Å². The van der Waals surface area contributed by atoms with Crippen LogP contribution in [-0.4, -0.2) is 26.6 Å². The lowest BCUT2D eigenvalue weighted by Crippen LogP contribution is -2.31. The summed E-state index contributed by atoms with van der Waals surface area (Å²) >= 11 is 1.82. The largest absolute Gasteiger partial charge is 0.329 e. The third kappa shape index (κ3) is 2.82. The highest BCUT2D eigenvalue weighted by Crippen LogP contribution is 2.47. The Hall–Kier alpha value is -0.550. The van der Waals surface area contributed by atoms with Crippen LogP contribution in [0.1, 0.15) is 64.2 Å². The maximum atomic E-state index is 5.95. The zero-order valence-corrected chi connectivity index (χ0v) is 12.9. The molecule has 106 valence electrons. The van der Waals surface area contributed by atoms with Gasteiger partial charge in [-0.05, 0) is 31.1 Å². The molecule has 0 aliphatic heterocycles. The molecule has 3 rings (SSSR count). The van der Waals surface area contributed by atoms with E-state index in [-0.39, 0.29) is 5.41 Å². The highest BCUT2D eigenvalue weighted by atomic mass is 32.2. The summed E-state index contributed by atoms with van der Waals surface area (Å²) in [6.07, 6.45) is 5.15. The van der Waals surface area contributed by atoms with E-state index in [0.29, 0.717) is 23.8 Å². The van der Waals surface area contributed by atoms with E-state index in [2.05, 4.69) is 35.5 Å². The summed E-state index contributed by atoms with van der Waals surface area (Å²) in [7, 11) is 0. The lowest BCUT2D eigenvalue weighted by molar-refractivity contribution is 0.397. The predicted octanol–water partition coefficient (Wildman–Crippen LogP) is 2.96. The van der Waals surface area contributed by atoms with Crippen molar-refractivity contribution in [3.8, 4) is 0 Å². The second-order valence-corrected chi connectivity index (χ2v) is 8.09. The first-order valence-electron chi connectivity index (χ1n) is 7.32. The van der Waals surface area contributed by atoms with Crippen molar-refractivity contribution in [3.63, 3.8) is 0 Å². The van der Waals surface area contributed by atoms with Gasteiger partial charge >= 0.3 is 0 Å². The summed E-state index contributed by atoms with van der Waals surface area (Å²) in [5.41, 5.74) is 6.14. The number of thioether (sulfide) groups is 1. The van der Waals surface area contributed by atoms with Crippen LogP contribution in [0.5, 0.6) is 0 Å². The maximum Gasteiger partial charge on any atom is 0.191 e. The number of aromatic nitrogens is 3. The molecule has 0 aromatic carbocycles. The van der Waals surface area contributed by atoms with Crippen molar-refractivity contribution < 1.29 is 0 Å². The van der Waals surface area contributed by atoms with Crippen LogP contribution in [0.2, 0.25) is 0 Å². The molecule has 1 atom stereocenters. The van der Waals surface area contributed by atoms with Crippen molar-refractivity contribution >= 4 is 11.8 Å². The van der Waals surface area contributed by atoms with E-state index in [9.17, 15) is 0 Å². The SMILES string of the molecule is CC(C)(C)C(CN)Sc1nnc(C2CC2)n1C1CC1. The second kappa shape index (κ2) is 4.77. The maximum absolute atomic E-state index is 5.95. The Morgan fingerprint density at radius 1 is 1.26 bits per heavy atom.